The lowest BCUT2D eigenvalue weighted by atomic mass is 10.0. The minimum absolute atomic E-state index is 0.755. The largest absolute Gasteiger partial charge is 0.438 e. The molecule has 4 heteroatoms. The lowest BCUT2D eigenvalue weighted by molar-refractivity contribution is 0.443. The number of pyridine rings is 1. The van der Waals surface area contributed by atoms with Gasteiger partial charge < -0.3 is 4.74 Å². The molecule has 3 aromatic heterocycles. The summed E-state index contributed by atoms with van der Waals surface area (Å²) >= 11 is 3.49. The van der Waals surface area contributed by atoms with E-state index in [1.807, 2.05) is 12.1 Å². The Kier molecular flexibility index (Phi) is 2.62. The highest BCUT2D eigenvalue weighted by molar-refractivity contribution is 7.25. The maximum absolute atomic E-state index is 5.98. The summed E-state index contributed by atoms with van der Waals surface area (Å²) < 4.78 is 5.98. The van der Waals surface area contributed by atoms with Crippen molar-refractivity contribution >= 4 is 32.9 Å². The van der Waals surface area contributed by atoms with Crippen LogP contribution >= 0.6 is 22.7 Å². The van der Waals surface area contributed by atoms with Gasteiger partial charge in [0.1, 0.15) is 10.6 Å². The number of hydrogen-bond donors (Lipinski definition) is 0. The van der Waals surface area contributed by atoms with Crippen LogP contribution in [-0.4, -0.2) is 4.98 Å². The highest BCUT2D eigenvalue weighted by atomic mass is 32.1. The molecule has 5 rings (SSSR count). The SMILES string of the molecule is c1csc(-c2cc3cc4c(nc3s2)Oc2ccccc2C4)c1. The maximum Gasteiger partial charge on any atom is 0.224 e. The number of nitrogens with zero attached hydrogens (tertiary/aromatic N) is 1. The number of fused-ring (bicyclic) bond motifs is 3. The van der Waals surface area contributed by atoms with Crippen LogP contribution in [0.5, 0.6) is 11.6 Å². The van der Waals surface area contributed by atoms with Gasteiger partial charge in [-0.05, 0) is 35.2 Å². The van der Waals surface area contributed by atoms with E-state index in [1.54, 1.807) is 22.7 Å². The van der Waals surface area contributed by atoms with E-state index in [4.69, 9.17) is 9.72 Å². The molecular weight excluding hydrogens is 310 g/mol. The Balaban J connectivity index is 1.65. The van der Waals surface area contributed by atoms with Gasteiger partial charge in [0.2, 0.25) is 5.88 Å². The summed E-state index contributed by atoms with van der Waals surface area (Å²) in [7, 11) is 0. The van der Waals surface area contributed by atoms with Gasteiger partial charge in [-0.3, -0.25) is 0 Å². The number of thiophene rings is 2. The molecule has 22 heavy (non-hydrogen) atoms. The molecule has 4 aromatic rings. The predicted octanol–water partition coefficient (Wildman–Crippen LogP) is 5.72. The van der Waals surface area contributed by atoms with E-state index in [2.05, 4.69) is 41.8 Å². The summed E-state index contributed by atoms with van der Waals surface area (Å²) in [6, 6.07) is 16.9. The van der Waals surface area contributed by atoms with Crippen LogP contribution < -0.4 is 4.74 Å². The smallest absolute Gasteiger partial charge is 0.224 e. The van der Waals surface area contributed by atoms with Crippen molar-refractivity contribution in [1.82, 2.24) is 4.98 Å². The lowest BCUT2D eigenvalue weighted by Gasteiger charge is -2.18. The monoisotopic (exact) mass is 321 g/mol. The van der Waals surface area contributed by atoms with Crippen LogP contribution in [0, 0.1) is 0 Å². The van der Waals surface area contributed by atoms with Crippen molar-refractivity contribution in [2.24, 2.45) is 0 Å². The van der Waals surface area contributed by atoms with Gasteiger partial charge in [0.15, 0.2) is 0 Å². The second-order valence-electron chi connectivity index (χ2n) is 5.32. The van der Waals surface area contributed by atoms with Crippen LogP contribution in [0.25, 0.3) is 20.0 Å². The molecule has 0 spiro atoms. The lowest BCUT2D eigenvalue weighted by Crippen LogP contribution is -2.04. The standard InChI is InChI=1S/C18H11NOS2/c1-2-5-14-11(4-1)8-12-9-13-10-16(15-6-3-7-21-15)22-18(13)19-17(12)20-14/h1-7,9-10H,8H2. The Morgan fingerprint density at radius 1 is 0.955 bits per heavy atom. The zero-order valence-electron chi connectivity index (χ0n) is 11.6. The molecule has 0 radical (unpaired) electrons. The summed E-state index contributed by atoms with van der Waals surface area (Å²) in [6.45, 7) is 0. The normalized spacial score (nSPS) is 12.7. The average Bonchev–Trinajstić information content (AvgIpc) is 3.19. The Morgan fingerprint density at radius 3 is 2.82 bits per heavy atom. The molecule has 0 saturated carbocycles. The van der Waals surface area contributed by atoms with Gasteiger partial charge in [-0.2, -0.15) is 0 Å². The fraction of sp³-hybridized carbons (Fsp3) is 0.0556. The predicted molar refractivity (Wildman–Crippen MR) is 92.3 cm³/mol. The zero-order valence-corrected chi connectivity index (χ0v) is 13.2. The van der Waals surface area contributed by atoms with Crippen molar-refractivity contribution in [2.75, 3.05) is 0 Å². The number of hydrogen-bond acceptors (Lipinski definition) is 4. The highest BCUT2D eigenvalue weighted by Crippen LogP contribution is 2.40. The number of rotatable bonds is 1. The summed E-state index contributed by atoms with van der Waals surface area (Å²) in [5, 5.41) is 3.31. The molecule has 0 aliphatic carbocycles. The molecule has 0 bridgehead atoms. The molecule has 4 heterocycles. The second-order valence-corrected chi connectivity index (χ2v) is 7.30. The highest BCUT2D eigenvalue weighted by Gasteiger charge is 2.19. The van der Waals surface area contributed by atoms with E-state index in [1.165, 1.54) is 26.3 Å². The van der Waals surface area contributed by atoms with E-state index >= 15 is 0 Å². The fourth-order valence-corrected chi connectivity index (χ4v) is 4.65. The molecule has 2 nitrogen and oxygen atoms in total. The maximum atomic E-state index is 5.98. The Morgan fingerprint density at radius 2 is 1.91 bits per heavy atom. The third-order valence-electron chi connectivity index (χ3n) is 3.87. The minimum atomic E-state index is 0.755. The van der Waals surface area contributed by atoms with Crippen molar-refractivity contribution in [3.63, 3.8) is 0 Å². The first kappa shape index (κ1) is 12.4. The summed E-state index contributed by atoms with van der Waals surface area (Å²) in [5.41, 5.74) is 2.39. The van der Waals surface area contributed by atoms with Crippen molar-refractivity contribution in [3.8, 4) is 21.4 Å². The average molecular weight is 321 g/mol. The third-order valence-corrected chi connectivity index (χ3v) is 5.98. The molecule has 0 amide bonds. The van der Waals surface area contributed by atoms with Crippen LogP contribution in [0.1, 0.15) is 11.1 Å². The van der Waals surface area contributed by atoms with E-state index in [9.17, 15) is 0 Å². The molecule has 0 saturated heterocycles. The molecule has 1 aromatic carbocycles. The van der Waals surface area contributed by atoms with Gasteiger partial charge in [0, 0.05) is 27.1 Å². The van der Waals surface area contributed by atoms with E-state index in [0.717, 1.165) is 22.9 Å². The zero-order chi connectivity index (χ0) is 14.5. The van der Waals surface area contributed by atoms with Crippen molar-refractivity contribution in [2.45, 2.75) is 6.42 Å². The van der Waals surface area contributed by atoms with Crippen LogP contribution in [0.3, 0.4) is 0 Å². The molecule has 106 valence electrons. The van der Waals surface area contributed by atoms with Gasteiger partial charge in [-0.1, -0.05) is 24.3 Å². The fourth-order valence-electron chi connectivity index (χ4n) is 2.81. The minimum Gasteiger partial charge on any atom is -0.438 e. The van der Waals surface area contributed by atoms with Crippen molar-refractivity contribution < 1.29 is 4.74 Å². The quantitative estimate of drug-likeness (QED) is 0.394. The van der Waals surface area contributed by atoms with Crippen LogP contribution in [0.15, 0.2) is 53.9 Å². The number of para-hydroxylation sites is 1. The molecule has 0 N–H and O–H groups in total. The molecule has 1 aliphatic heterocycles. The number of aromatic nitrogens is 1. The van der Waals surface area contributed by atoms with Crippen LogP contribution in [-0.2, 0) is 6.42 Å². The first-order valence-corrected chi connectivity index (χ1v) is 8.79. The third kappa shape index (κ3) is 1.88. The van der Waals surface area contributed by atoms with Crippen molar-refractivity contribution in [3.05, 3.63) is 65.0 Å². The van der Waals surface area contributed by atoms with Gasteiger partial charge >= 0.3 is 0 Å². The summed E-state index contributed by atoms with van der Waals surface area (Å²) in [4.78, 5) is 8.36. The van der Waals surface area contributed by atoms with Crippen LogP contribution in [0.4, 0.5) is 0 Å². The summed E-state index contributed by atoms with van der Waals surface area (Å²) in [6.07, 6.45) is 0.888. The van der Waals surface area contributed by atoms with Gasteiger partial charge in [-0.25, -0.2) is 4.98 Å². The van der Waals surface area contributed by atoms with Crippen molar-refractivity contribution in [1.29, 1.82) is 0 Å². The molecular formula is C18H11NOS2. The molecule has 0 unspecified atom stereocenters. The Bertz CT molecular complexity index is 924. The van der Waals surface area contributed by atoms with Gasteiger partial charge in [0.05, 0.1) is 0 Å². The number of benzene rings is 1. The topological polar surface area (TPSA) is 22.1 Å². The molecule has 1 aliphatic rings. The molecule has 0 fully saturated rings. The summed E-state index contributed by atoms with van der Waals surface area (Å²) in [5.74, 6) is 1.68. The first-order chi connectivity index (χ1) is 10.9. The Hall–Kier alpha value is -2.17. The number of ether oxygens (including phenoxy) is 1. The Labute approximate surface area is 135 Å². The van der Waals surface area contributed by atoms with E-state index in [0.29, 0.717) is 0 Å². The first-order valence-electron chi connectivity index (χ1n) is 7.10. The van der Waals surface area contributed by atoms with Crippen LogP contribution in [0.2, 0.25) is 0 Å². The van der Waals surface area contributed by atoms with Gasteiger partial charge in [-0.15, -0.1) is 22.7 Å². The molecule has 0 atom stereocenters. The second kappa shape index (κ2) is 4.66. The van der Waals surface area contributed by atoms with E-state index < -0.39 is 0 Å². The van der Waals surface area contributed by atoms with E-state index in [-0.39, 0.29) is 0 Å². The van der Waals surface area contributed by atoms with Gasteiger partial charge in [0.25, 0.3) is 0 Å².